The fourth-order valence-electron chi connectivity index (χ4n) is 3.06. The van der Waals surface area contributed by atoms with Gasteiger partial charge in [0.1, 0.15) is 11.6 Å². The first kappa shape index (κ1) is 21.3. The normalized spacial score (nSPS) is 11.7. The van der Waals surface area contributed by atoms with Gasteiger partial charge in [-0.05, 0) is 77.9 Å². The lowest BCUT2D eigenvalue weighted by Crippen LogP contribution is -1.92. The van der Waals surface area contributed by atoms with Gasteiger partial charge in [0.2, 0.25) is 0 Å². The van der Waals surface area contributed by atoms with Gasteiger partial charge in [0.05, 0.1) is 6.61 Å². The SMILES string of the molecule is Cc1ccc(/C=C(\CCSc2ccc(CO)cc2)c2cc(F)cc(F)c2)cc1C. The van der Waals surface area contributed by atoms with Crippen LogP contribution < -0.4 is 0 Å². The lowest BCUT2D eigenvalue weighted by atomic mass is 9.98. The van der Waals surface area contributed by atoms with E-state index in [2.05, 4.69) is 26.0 Å². The number of thioether (sulfide) groups is 1. The molecule has 29 heavy (non-hydrogen) atoms. The third kappa shape index (κ3) is 6.02. The maximum absolute atomic E-state index is 13.8. The predicted octanol–water partition coefficient (Wildman–Crippen LogP) is 6.80. The number of rotatable bonds is 7. The summed E-state index contributed by atoms with van der Waals surface area (Å²) >= 11 is 1.68. The summed E-state index contributed by atoms with van der Waals surface area (Å²) in [6, 6.07) is 17.6. The smallest absolute Gasteiger partial charge is 0.126 e. The molecule has 0 spiro atoms. The fraction of sp³-hybridized carbons (Fsp3) is 0.200. The lowest BCUT2D eigenvalue weighted by Gasteiger charge is -2.11. The van der Waals surface area contributed by atoms with Crippen molar-refractivity contribution in [2.24, 2.45) is 0 Å². The molecule has 3 rings (SSSR count). The van der Waals surface area contributed by atoms with Crippen LogP contribution in [0.25, 0.3) is 11.6 Å². The Morgan fingerprint density at radius 2 is 1.59 bits per heavy atom. The third-order valence-corrected chi connectivity index (χ3v) is 5.87. The second kappa shape index (κ2) is 9.86. The van der Waals surface area contributed by atoms with Crippen molar-refractivity contribution in [3.05, 3.63) is 100 Å². The number of hydrogen-bond acceptors (Lipinski definition) is 2. The monoisotopic (exact) mass is 410 g/mol. The Hall–Kier alpha value is -2.43. The highest BCUT2D eigenvalue weighted by Gasteiger charge is 2.08. The summed E-state index contributed by atoms with van der Waals surface area (Å²) in [5.41, 5.74) is 5.75. The molecule has 3 aromatic rings. The summed E-state index contributed by atoms with van der Waals surface area (Å²) in [5, 5.41) is 9.15. The topological polar surface area (TPSA) is 20.2 Å². The van der Waals surface area contributed by atoms with E-state index in [1.165, 1.54) is 23.3 Å². The van der Waals surface area contributed by atoms with Gasteiger partial charge in [-0.15, -0.1) is 11.8 Å². The van der Waals surface area contributed by atoms with E-state index in [-0.39, 0.29) is 6.61 Å². The van der Waals surface area contributed by atoms with Gasteiger partial charge in [0, 0.05) is 16.7 Å². The first-order valence-electron chi connectivity index (χ1n) is 9.51. The Morgan fingerprint density at radius 1 is 0.897 bits per heavy atom. The molecule has 150 valence electrons. The second-order valence-electron chi connectivity index (χ2n) is 7.07. The highest BCUT2D eigenvalue weighted by Crippen LogP contribution is 2.28. The molecule has 0 aliphatic carbocycles. The number of benzene rings is 3. The van der Waals surface area contributed by atoms with Gasteiger partial charge in [-0.3, -0.25) is 0 Å². The minimum Gasteiger partial charge on any atom is -0.392 e. The summed E-state index contributed by atoms with van der Waals surface area (Å²) in [6.45, 7) is 4.14. The standard InChI is InChI=1S/C25H24F2OS/c1-17-3-4-20(11-18(17)2)12-21(22-13-23(26)15-24(27)14-22)9-10-29-25-7-5-19(16-28)6-8-25/h3-8,11-15,28H,9-10,16H2,1-2H3/b21-12+. The molecule has 0 atom stereocenters. The zero-order valence-electron chi connectivity index (χ0n) is 16.6. The number of aliphatic hydroxyl groups is 1. The molecule has 0 saturated carbocycles. The lowest BCUT2D eigenvalue weighted by molar-refractivity contribution is 0.282. The van der Waals surface area contributed by atoms with Crippen molar-refractivity contribution in [2.45, 2.75) is 31.8 Å². The Bertz CT molecular complexity index is 990. The van der Waals surface area contributed by atoms with Crippen LogP contribution in [0.2, 0.25) is 0 Å². The summed E-state index contributed by atoms with van der Waals surface area (Å²) in [4.78, 5) is 1.10. The van der Waals surface area contributed by atoms with Gasteiger partial charge in [-0.1, -0.05) is 36.4 Å². The summed E-state index contributed by atoms with van der Waals surface area (Å²) < 4.78 is 27.6. The van der Waals surface area contributed by atoms with E-state index in [1.807, 2.05) is 36.4 Å². The highest BCUT2D eigenvalue weighted by molar-refractivity contribution is 7.99. The molecular formula is C25H24F2OS. The van der Waals surface area contributed by atoms with E-state index in [0.717, 1.165) is 33.4 Å². The Labute approximate surface area is 175 Å². The molecule has 1 N–H and O–H groups in total. The molecule has 0 saturated heterocycles. The molecule has 0 fully saturated rings. The third-order valence-electron chi connectivity index (χ3n) is 4.85. The second-order valence-corrected chi connectivity index (χ2v) is 8.24. The van der Waals surface area contributed by atoms with E-state index in [0.29, 0.717) is 12.0 Å². The largest absolute Gasteiger partial charge is 0.392 e. The average molecular weight is 411 g/mol. The number of aryl methyl sites for hydroxylation is 2. The molecule has 0 aliphatic rings. The molecule has 0 amide bonds. The van der Waals surface area contributed by atoms with Gasteiger partial charge in [-0.2, -0.15) is 0 Å². The Kier molecular flexibility index (Phi) is 7.24. The van der Waals surface area contributed by atoms with Crippen molar-refractivity contribution in [3.8, 4) is 0 Å². The zero-order valence-corrected chi connectivity index (χ0v) is 17.4. The molecule has 4 heteroatoms. The first-order chi connectivity index (χ1) is 13.9. The van der Waals surface area contributed by atoms with Crippen LogP contribution in [-0.2, 0) is 6.61 Å². The van der Waals surface area contributed by atoms with Crippen molar-refractivity contribution < 1.29 is 13.9 Å². The molecule has 0 bridgehead atoms. The average Bonchev–Trinajstić information content (AvgIpc) is 2.69. The van der Waals surface area contributed by atoms with Crippen molar-refractivity contribution in [2.75, 3.05) is 5.75 Å². The summed E-state index contributed by atoms with van der Waals surface area (Å²) in [7, 11) is 0. The molecule has 3 aromatic carbocycles. The van der Waals surface area contributed by atoms with Crippen LogP contribution in [0.15, 0.2) is 65.6 Å². The van der Waals surface area contributed by atoms with Crippen molar-refractivity contribution in [3.63, 3.8) is 0 Å². The van der Waals surface area contributed by atoms with Gasteiger partial charge in [-0.25, -0.2) is 8.78 Å². The minimum atomic E-state index is -0.571. The number of aliphatic hydroxyl groups excluding tert-OH is 1. The van der Waals surface area contributed by atoms with Crippen LogP contribution >= 0.6 is 11.8 Å². The first-order valence-corrected chi connectivity index (χ1v) is 10.5. The summed E-state index contributed by atoms with van der Waals surface area (Å²) in [5.74, 6) is -0.371. The Balaban J connectivity index is 1.83. The van der Waals surface area contributed by atoms with E-state index < -0.39 is 11.6 Å². The van der Waals surface area contributed by atoms with Crippen LogP contribution in [-0.4, -0.2) is 10.9 Å². The van der Waals surface area contributed by atoms with Crippen LogP contribution in [0.4, 0.5) is 8.78 Å². The maximum atomic E-state index is 13.8. The van der Waals surface area contributed by atoms with Crippen LogP contribution in [0.3, 0.4) is 0 Å². The molecule has 1 nitrogen and oxygen atoms in total. The van der Waals surface area contributed by atoms with Gasteiger partial charge >= 0.3 is 0 Å². The van der Waals surface area contributed by atoms with E-state index >= 15 is 0 Å². The zero-order chi connectivity index (χ0) is 20.8. The fourth-order valence-corrected chi connectivity index (χ4v) is 3.95. The predicted molar refractivity (Wildman–Crippen MR) is 118 cm³/mol. The van der Waals surface area contributed by atoms with Gasteiger partial charge < -0.3 is 5.11 Å². The molecular weight excluding hydrogens is 386 g/mol. The number of allylic oxidation sites excluding steroid dienone is 1. The van der Waals surface area contributed by atoms with Gasteiger partial charge in [0.25, 0.3) is 0 Å². The van der Waals surface area contributed by atoms with Crippen molar-refractivity contribution >= 4 is 23.4 Å². The quantitative estimate of drug-likeness (QED) is 0.341. The van der Waals surface area contributed by atoms with E-state index in [9.17, 15) is 8.78 Å². The van der Waals surface area contributed by atoms with Crippen LogP contribution in [0, 0.1) is 25.5 Å². The van der Waals surface area contributed by atoms with Crippen molar-refractivity contribution in [1.29, 1.82) is 0 Å². The Morgan fingerprint density at radius 3 is 2.21 bits per heavy atom. The minimum absolute atomic E-state index is 0.0267. The van der Waals surface area contributed by atoms with Crippen LogP contribution in [0.5, 0.6) is 0 Å². The molecule has 0 aliphatic heterocycles. The number of halogens is 2. The number of hydrogen-bond donors (Lipinski definition) is 1. The van der Waals surface area contributed by atoms with Crippen LogP contribution in [0.1, 0.15) is 34.2 Å². The summed E-state index contributed by atoms with van der Waals surface area (Å²) in [6.07, 6.45) is 2.68. The molecule has 0 unspecified atom stereocenters. The maximum Gasteiger partial charge on any atom is 0.126 e. The molecule has 0 radical (unpaired) electrons. The molecule has 0 heterocycles. The van der Waals surface area contributed by atoms with E-state index in [4.69, 9.17) is 5.11 Å². The van der Waals surface area contributed by atoms with Crippen molar-refractivity contribution in [1.82, 2.24) is 0 Å². The van der Waals surface area contributed by atoms with E-state index in [1.54, 1.807) is 11.8 Å². The van der Waals surface area contributed by atoms with Gasteiger partial charge in [0.15, 0.2) is 0 Å². The highest BCUT2D eigenvalue weighted by atomic mass is 32.2. The molecule has 0 aromatic heterocycles.